The van der Waals surface area contributed by atoms with Gasteiger partial charge in [-0.05, 0) is 24.1 Å². The molecule has 1 aromatic heterocycles. The molecule has 2 aromatic carbocycles. The third-order valence-electron chi connectivity index (χ3n) is 4.39. The zero-order valence-electron chi connectivity index (χ0n) is 16.9. The lowest BCUT2D eigenvalue weighted by atomic mass is 10.2. The van der Waals surface area contributed by atoms with E-state index in [-0.39, 0.29) is 11.5 Å². The van der Waals surface area contributed by atoms with E-state index in [1.54, 1.807) is 13.3 Å². The van der Waals surface area contributed by atoms with Crippen molar-refractivity contribution in [2.24, 2.45) is 4.99 Å². The van der Waals surface area contributed by atoms with Gasteiger partial charge in [0.25, 0.3) is 0 Å². The Morgan fingerprint density at radius 2 is 1.73 bits per heavy atom. The van der Waals surface area contributed by atoms with Crippen LogP contribution in [0.15, 0.2) is 76.3 Å². The van der Waals surface area contributed by atoms with Crippen LogP contribution in [0, 0.1) is 0 Å². The Morgan fingerprint density at radius 1 is 1.03 bits per heavy atom. The summed E-state index contributed by atoms with van der Waals surface area (Å²) >= 11 is 0. The van der Waals surface area contributed by atoms with E-state index in [9.17, 15) is 8.42 Å². The maximum absolute atomic E-state index is 12.3. The number of rotatable bonds is 9. The molecule has 2 N–H and O–H groups in total. The van der Waals surface area contributed by atoms with Crippen molar-refractivity contribution in [3.63, 3.8) is 0 Å². The number of hydrogen-bond donors (Lipinski definition) is 2. The van der Waals surface area contributed by atoms with Crippen molar-refractivity contribution in [2.75, 3.05) is 19.3 Å². The van der Waals surface area contributed by atoms with Crippen molar-refractivity contribution in [2.45, 2.75) is 18.7 Å². The summed E-state index contributed by atoms with van der Waals surface area (Å²) in [5.41, 5.74) is 2.48. The van der Waals surface area contributed by atoms with Gasteiger partial charge in [0.1, 0.15) is 6.26 Å². The lowest BCUT2D eigenvalue weighted by molar-refractivity contribution is 0.572. The summed E-state index contributed by atoms with van der Waals surface area (Å²) in [5.74, 6) is 1.34. The van der Waals surface area contributed by atoms with Crippen molar-refractivity contribution in [3.8, 4) is 11.5 Å². The van der Waals surface area contributed by atoms with Crippen LogP contribution in [0.3, 0.4) is 0 Å². The van der Waals surface area contributed by atoms with Crippen LogP contribution in [0.1, 0.15) is 17.7 Å². The van der Waals surface area contributed by atoms with E-state index in [1.807, 2.05) is 60.7 Å². The van der Waals surface area contributed by atoms with Crippen molar-refractivity contribution in [1.82, 2.24) is 15.6 Å². The highest BCUT2D eigenvalue weighted by Gasteiger charge is 2.12. The number of sulfone groups is 1. The third-order valence-corrected chi connectivity index (χ3v) is 6.07. The lowest BCUT2D eigenvalue weighted by Crippen LogP contribution is -2.37. The Hall–Kier alpha value is -3.13. The molecule has 0 saturated carbocycles. The smallest absolute Gasteiger partial charge is 0.226 e. The quantitative estimate of drug-likeness (QED) is 0.310. The fourth-order valence-electron chi connectivity index (χ4n) is 2.90. The Labute approximate surface area is 177 Å². The van der Waals surface area contributed by atoms with Gasteiger partial charge in [0.05, 0.1) is 23.7 Å². The molecule has 3 aromatic rings. The maximum Gasteiger partial charge on any atom is 0.226 e. The predicted molar refractivity (Wildman–Crippen MR) is 119 cm³/mol. The second-order valence-electron chi connectivity index (χ2n) is 6.79. The highest BCUT2D eigenvalue weighted by molar-refractivity contribution is 7.90. The molecule has 0 amide bonds. The summed E-state index contributed by atoms with van der Waals surface area (Å²) < 4.78 is 30.0. The van der Waals surface area contributed by atoms with Crippen LogP contribution in [0.5, 0.6) is 0 Å². The molecule has 0 fully saturated rings. The number of aliphatic imine (C=N–C) groups is 1. The van der Waals surface area contributed by atoms with Gasteiger partial charge in [0.2, 0.25) is 5.89 Å². The number of nitrogens with zero attached hydrogens (tertiary/aromatic N) is 2. The lowest BCUT2D eigenvalue weighted by Gasteiger charge is -2.11. The van der Waals surface area contributed by atoms with Gasteiger partial charge in [0.15, 0.2) is 15.8 Å². The first-order valence-electron chi connectivity index (χ1n) is 9.74. The monoisotopic (exact) mass is 426 g/mol. The fraction of sp³-hybridized carbons (Fsp3) is 0.273. The minimum absolute atomic E-state index is 0.0662. The zero-order chi connectivity index (χ0) is 21.2. The average Bonchev–Trinajstić information content (AvgIpc) is 3.23. The van der Waals surface area contributed by atoms with Crippen LogP contribution >= 0.6 is 0 Å². The van der Waals surface area contributed by atoms with Crippen molar-refractivity contribution < 1.29 is 12.8 Å². The molecule has 0 spiro atoms. The Bertz CT molecular complexity index is 1050. The number of guanidine groups is 1. The van der Waals surface area contributed by atoms with E-state index < -0.39 is 9.84 Å². The summed E-state index contributed by atoms with van der Waals surface area (Å²) in [6.45, 7) is 0.948. The molecule has 158 valence electrons. The summed E-state index contributed by atoms with van der Waals surface area (Å²) in [4.78, 5) is 8.62. The maximum atomic E-state index is 12.3. The molecule has 0 aliphatic rings. The van der Waals surface area contributed by atoms with Gasteiger partial charge in [-0.25, -0.2) is 13.4 Å². The Balaban J connectivity index is 1.40. The van der Waals surface area contributed by atoms with Gasteiger partial charge in [0, 0.05) is 19.2 Å². The predicted octanol–water partition coefficient (Wildman–Crippen LogP) is 3.01. The van der Waals surface area contributed by atoms with Gasteiger partial charge < -0.3 is 15.1 Å². The fourth-order valence-corrected chi connectivity index (χ4v) is 4.32. The van der Waals surface area contributed by atoms with E-state index in [0.717, 1.165) is 16.8 Å². The van der Waals surface area contributed by atoms with Crippen molar-refractivity contribution in [3.05, 3.63) is 78.2 Å². The molecule has 0 aliphatic carbocycles. The van der Waals surface area contributed by atoms with E-state index in [2.05, 4.69) is 20.6 Å². The first-order valence-corrected chi connectivity index (χ1v) is 11.6. The highest BCUT2D eigenvalue weighted by Crippen LogP contribution is 2.17. The normalized spacial score (nSPS) is 12.0. The molecule has 0 radical (unpaired) electrons. The molecular formula is C22H26N4O3S. The average molecular weight is 427 g/mol. The minimum atomic E-state index is -3.14. The summed E-state index contributed by atoms with van der Waals surface area (Å²) in [7, 11) is -1.47. The second kappa shape index (κ2) is 10.6. The molecule has 0 saturated heterocycles. The van der Waals surface area contributed by atoms with Gasteiger partial charge in [-0.1, -0.05) is 48.5 Å². The molecule has 0 bridgehead atoms. The number of aromatic nitrogens is 1. The molecular weight excluding hydrogens is 400 g/mol. The summed E-state index contributed by atoms with van der Waals surface area (Å²) in [5, 5.41) is 6.29. The van der Waals surface area contributed by atoms with Crippen molar-refractivity contribution in [1.29, 1.82) is 0 Å². The van der Waals surface area contributed by atoms with Crippen LogP contribution < -0.4 is 10.6 Å². The van der Waals surface area contributed by atoms with Gasteiger partial charge >= 0.3 is 0 Å². The molecule has 8 heteroatoms. The highest BCUT2D eigenvalue weighted by atomic mass is 32.2. The largest absolute Gasteiger partial charge is 0.444 e. The first-order chi connectivity index (χ1) is 14.6. The summed E-state index contributed by atoms with van der Waals surface area (Å²) in [6, 6.07) is 18.9. The minimum Gasteiger partial charge on any atom is -0.444 e. The van der Waals surface area contributed by atoms with Crippen LogP contribution in [-0.4, -0.2) is 38.7 Å². The Morgan fingerprint density at radius 3 is 2.43 bits per heavy atom. The molecule has 30 heavy (non-hydrogen) atoms. The topological polar surface area (TPSA) is 96.6 Å². The molecule has 7 nitrogen and oxygen atoms in total. The molecule has 3 rings (SSSR count). The molecule has 1 heterocycles. The van der Waals surface area contributed by atoms with E-state index in [4.69, 9.17) is 4.42 Å². The molecule has 0 atom stereocenters. The van der Waals surface area contributed by atoms with Crippen LogP contribution in [0.4, 0.5) is 0 Å². The van der Waals surface area contributed by atoms with Crippen LogP contribution in [0.25, 0.3) is 11.5 Å². The van der Waals surface area contributed by atoms with Crippen molar-refractivity contribution >= 4 is 15.8 Å². The summed E-state index contributed by atoms with van der Waals surface area (Å²) in [6.07, 6.45) is 2.11. The number of nitrogens with one attached hydrogen (secondary N) is 2. The Kier molecular flexibility index (Phi) is 7.62. The molecule has 0 unspecified atom stereocenters. The third kappa shape index (κ3) is 6.73. The number of benzene rings is 2. The van der Waals surface area contributed by atoms with E-state index in [1.165, 1.54) is 0 Å². The zero-order valence-corrected chi connectivity index (χ0v) is 17.7. The second-order valence-corrected chi connectivity index (χ2v) is 8.98. The SMILES string of the molecule is CN=C(NCCCS(=O)(=O)Cc1ccccc1)NCc1coc(-c2ccccc2)n1. The first kappa shape index (κ1) is 21.6. The van der Waals surface area contributed by atoms with Crippen LogP contribution in [-0.2, 0) is 22.1 Å². The van der Waals surface area contributed by atoms with E-state index >= 15 is 0 Å². The van der Waals surface area contributed by atoms with Gasteiger partial charge in [-0.3, -0.25) is 4.99 Å². The molecule has 0 aliphatic heterocycles. The van der Waals surface area contributed by atoms with Crippen LogP contribution in [0.2, 0.25) is 0 Å². The van der Waals surface area contributed by atoms with Gasteiger partial charge in [-0.2, -0.15) is 0 Å². The standard InChI is InChI=1S/C22H26N4O3S/c1-23-22(24-13-8-14-30(27,28)17-18-9-4-2-5-10-18)25-15-20-16-29-21(26-20)19-11-6-3-7-12-19/h2-7,9-12,16H,8,13-15,17H2,1H3,(H2,23,24,25). The van der Waals surface area contributed by atoms with Gasteiger partial charge in [-0.15, -0.1) is 0 Å². The number of hydrogen-bond acceptors (Lipinski definition) is 5. The van der Waals surface area contributed by atoms with E-state index in [0.29, 0.717) is 31.4 Å². The number of oxazole rings is 1.